The van der Waals surface area contributed by atoms with E-state index in [4.69, 9.17) is 5.73 Å². The molecule has 0 aromatic carbocycles. The second-order valence-corrected chi connectivity index (χ2v) is 6.45. The first-order valence-electron chi connectivity index (χ1n) is 6.10. The van der Waals surface area contributed by atoms with Crippen LogP contribution >= 0.6 is 27.3 Å². The van der Waals surface area contributed by atoms with E-state index in [-0.39, 0.29) is 17.9 Å². The maximum absolute atomic E-state index is 12.0. The predicted molar refractivity (Wildman–Crippen MR) is 78.1 cm³/mol. The van der Waals surface area contributed by atoms with Crippen LogP contribution in [0.2, 0.25) is 0 Å². The molecule has 0 radical (unpaired) electrons. The molecule has 2 amide bonds. The van der Waals surface area contributed by atoms with Crippen LogP contribution in [0.1, 0.15) is 22.5 Å². The molecular weight excluding hydrogens is 330 g/mol. The number of hydrogen-bond donors (Lipinski definition) is 2. The fraction of sp³-hybridized carbons (Fsp3) is 0.500. The van der Waals surface area contributed by atoms with Gasteiger partial charge in [0, 0.05) is 29.0 Å². The van der Waals surface area contributed by atoms with Gasteiger partial charge < -0.3 is 11.1 Å². The molecule has 0 bridgehead atoms. The van der Waals surface area contributed by atoms with Crippen molar-refractivity contribution < 1.29 is 9.59 Å². The summed E-state index contributed by atoms with van der Waals surface area (Å²) < 4.78 is 0.930. The fourth-order valence-corrected chi connectivity index (χ4v) is 3.47. The highest BCUT2D eigenvalue weighted by Crippen LogP contribution is 2.20. The van der Waals surface area contributed by atoms with Gasteiger partial charge in [0.25, 0.3) is 5.91 Å². The Morgan fingerprint density at radius 2 is 2.16 bits per heavy atom. The zero-order chi connectivity index (χ0) is 13.8. The quantitative estimate of drug-likeness (QED) is 0.860. The highest BCUT2D eigenvalue weighted by atomic mass is 79.9. The van der Waals surface area contributed by atoms with Crippen LogP contribution < -0.4 is 11.1 Å². The molecule has 1 aliphatic heterocycles. The molecule has 2 heterocycles. The summed E-state index contributed by atoms with van der Waals surface area (Å²) in [6, 6.07) is 2.00. The number of likely N-dealkylation sites (tertiary alicyclic amines) is 1. The molecule has 1 aliphatic rings. The van der Waals surface area contributed by atoms with Crippen molar-refractivity contribution in [2.75, 3.05) is 19.6 Å². The lowest BCUT2D eigenvalue weighted by Crippen LogP contribution is -2.46. The van der Waals surface area contributed by atoms with Crippen molar-refractivity contribution in [2.24, 2.45) is 5.73 Å². The number of hydrogen-bond acceptors (Lipinski definition) is 4. The molecule has 0 atom stereocenters. The number of piperidine rings is 1. The predicted octanol–water partition coefficient (Wildman–Crippen LogP) is 1.19. The number of halogens is 1. The van der Waals surface area contributed by atoms with Crippen LogP contribution in [0.3, 0.4) is 0 Å². The number of amides is 2. The molecule has 1 saturated heterocycles. The number of nitrogens with one attached hydrogen (secondary N) is 1. The molecule has 1 fully saturated rings. The summed E-state index contributed by atoms with van der Waals surface area (Å²) in [6.45, 7) is 1.89. The van der Waals surface area contributed by atoms with E-state index in [0.717, 1.165) is 30.4 Å². The number of carbonyl (C=O) groups is 2. The molecule has 1 aromatic rings. The standard InChI is InChI=1S/C12H16BrN3O2S/c13-8-5-10(19-7-8)12(18)15-9-1-3-16(4-2-9)6-11(14)17/h5,7,9H,1-4,6H2,(H2,14,17)(H,15,18). The molecule has 2 rings (SSSR count). The highest BCUT2D eigenvalue weighted by Gasteiger charge is 2.22. The van der Waals surface area contributed by atoms with Crippen LogP contribution in [-0.4, -0.2) is 42.4 Å². The molecule has 104 valence electrons. The second kappa shape index (κ2) is 6.49. The molecule has 3 N–H and O–H groups in total. The van der Waals surface area contributed by atoms with Gasteiger partial charge in [-0.05, 0) is 34.8 Å². The molecule has 5 nitrogen and oxygen atoms in total. The normalized spacial score (nSPS) is 17.3. The minimum absolute atomic E-state index is 0.0240. The summed E-state index contributed by atoms with van der Waals surface area (Å²) in [5.74, 6) is -0.324. The second-order valence-electron chi connectivity index (χ2n) is 4.62. The Morgan fingerprint density at radius 3 is 2.68 bits per heavy atom. The molecule has 0 saturated carbocycles. The first-order valence-corrected chi connectivity index (χ1v) is 7.77. The van der Waals surface area contributed by atoms with Crippen LogP contribution in [0.25, 0.3) is 0 Å². The van der Waals surface area contributed by atoms with Crippen LogP contribution in [-0.2, 0) is 4.79 Å². The maximum atomic E-state index is 12.0. The van der Waals surface area contributed by atoms with E-state index in [0.29, 0.717) is 11.4 Å². The summed E-state index contributed by atoms with van der Waals surface area (Å²) in [7, 11) is 0. The third-order valence-electron chi connectivity index (χ3n) is 3.09. The third kappa shape index (κ3) is 4.29. The van der Waals surface area contributed by atoms with Gasteiger partial charge in [-0.1, -0.05) is 0 Å². The van der Waals surface area contributed by atoms with Gasteiger partial charge in [-0.2, -0.15) is 0 Å². The van der Waals surface area contributed by atoms with Gasteiger partial charge in [0.1, 0.15) is 0 Å². The number of primary amides is 1. The maximum Gasteiger partial charge on any atom is 0.261 e. The number of nitrogens with two attached hydrogens (primary N) is 1. The average Bonchev–Trinajstić information content (AvgIpc) is 2.78. The Morgan fingerprint density at radius 1 is 1.47 bits per heavy atom. The number of nitrogens with zero attached hydrogens (tertiary/aromatic N) is 1. The van der Waals surface area contributed by atoms with Crippen LogP contribution in [0.5, 0.6) is 0 Å². The Labute approximate surface area is 124 Å². The lowest BCUT2D eigenvalue weighted by Gasteiger charge is -2.31. The lowest BCUT2D eigenvalue weighted by atomic mass is 10.0. The van der Waals surface area contributed by atoms with Crippen LogP contribution in [0.15, 0.2) is 15.9 Å². The highest BCUT2D eigenvalue weighted by molar-refractivity contribution is 9.10. The summed E-state index contributed by atoms with van der Waals surface area (Å²) >= 11 is 4.76. The van der Waals surface area contributed by atoms with E-state index in [9.17, 15) is 9.59 Å². The third-order valence-corrected chi connectivity index (χ3v) is 4.78. The number of carbonyl (C=O) groups excluding carboxylic acids is 2. The van der Waals surface area contributed by atoms with Gasteiger partial charge in [-0.15, -0.1) is 11.3 Å². The Hall–Kier alpha value is -0.920. The largest absolute Gasteiger partial charge is 0.369 e. The van der Waals surface area contributed by atoms with E-state index < -0.39 is 0 Å². The van der Waals surface area contributed by atoms with Crippen molar-refractivity contribution in [1.29, 1.82) is 0 Å². The van der Waals surface area contributed by atoms with Crippen molar-refractivity contribution in [3.8, 4) is 0 Å². The minimum Gasteiger partial charge on any atom is -0.369 e. The molecule has 0 aliphatic carbocycles. The van der Waals surface area contributed by atoms with Gasteiger partial charge in [0.15, 0.2) is 0 Å². The molecule has 19 heavy (non-hydrogen) atoms. The summed E-state index contributed by atoms with van der Waals surface area (Å²) in [6.07, 6.45) is 1.71. The van der Waals surface area contributed by atoms with E-state index in [1.807, 2.05) is 16.3 Å². The van der Waals surface area contributed by atoms with Crippen molar-refractivity contribution in [3.05, 3.63) is 20.8 Å². The van der Waals surface area contributed by atoms with Crippen molar-refractivity contribution in [3.63, 3.8) is 0 Å². The van der Waals surface area contributed by atoms with Gasteiger partial charge in [-0.25, -0.2) is 0 Å². The van der Waals surface area contributed by atoms with Gasteiger partial charge in [-0.3, -0.25) is 14.5 Å². The van der Waals surface area contributed by atoms with E-state index in [2.05, 4.69) is 21.2 Å². The van der Waals surface area contributed by atoms with Gasteiger partial charge in [0.2, 0.25) is 5.91 Å². The molecule has 1 aromatic heterocycles. The number of thiophene rings is 1. The van der Waals surface area contributed by atoms with Gasteiger partial charge in [0.05, 0.1) is 11.4 Å². The van der Waals surface area contributed by atoms with Crippen molar-refractivity contribution >= 4 is 39.1 Å². The van der Waals surface area contributed by atoms with Crippen LogP contribution in [0.4, 0.5) is 0 Å². The SMILES string of the molecule is NC(=O)CN1CCC(NC(=O)c2cc(Br)cs2)CC1. The smallest absolute Gasteiger partial charge is 0.261 e. The lowest BCUT2D eigenvalue weighted by molar-refractivity contribution is -0.119. The molecular formula is C12H16BrN3O2S. The Balaban J connectivity index is 1.79. The summed E-state index contributed by atoms with van der Waals surface area (Å²) in [5, 5.41) is 4.92. The van der Waals surface area contributed by atoms with Crippen molar-refractivity contribution in [1.82, 2.24) is 10.2 Å². The van der Waals surface area contributed by atoms with E-state index in [1.165, 1.54) is 11.3 Å². The van der Waals surface area contributed by atoms with E-state index >= 15 is 0 Å². The summed E-state index contributed by atoms with van der Waals surface area (Å²) in [4.78, 5) is 25.5. The first kappa shape index (κ1) is 14.5. The first-order chi connectivity index (χ1) is 9.04. The Bertz CT molecular complexity index is 469. The van der Waals surface area contributed by atoms with E-state index in [1.54, 1.807) is 0 Å². The average molecular weight is 346 g/mol. The van der Waals surface area contributed by atoms with Gasteiger partial charge >= 0.3 is 0 Å². The zero-order valence-electron chi connectivity index (χ0n) is 10.4. The zero-order valence-corrected chi connectivity index (χ0v) is 12.8. The van der Waals surface area contributed by atoms with Crippen molar-refractivity contribution in [2.45, 2.75) is 18.9 Å². The van der Waals surface area contributed by atoms with Crippen LogP contribution in [0, 0.1) is 0 Å². The minimum atomic E-state index is -0.300. The number of rotatable bonds is 4. The monoisotopic (exact) mass is 345 g/mol. The topological polar surface area (TPSA) is 75.4 Å². The molecule has 7 heteroatoms. The fourth-order valence-electron chi connectivity index (χ4n) is 2.14. The Kier molecular flexibility index (Phi) is 4.95. The molecule has 0 spiro atoms. The summed E-state index contributed by atoms with van der Waals surface area (Å²) in [5.41, 5.74) is 5.16. The molecule has 0 unspecified atom stereocenters.